The minimum absolute atomic E-state index is 0.126. The summed E-state index contributed by atoms with van der Waals surface area (Å²) in [4.78, 5) is 0. The molecule has 0 aromatic rings. The van der Waals surface area contributed by atoms with E-state index in [9.17, 15) is 8.42 Å². The van der Waals surface area contributed by atoms with Crippen molar-refractivity contribution >= 4 is 9.84 Å². The smallest absolute Gasteiger partial charge is 0.150 e. The summed E-state index contributed by atoms with van der Waals surface area (Å²) in [6.45, 7) is 2.94. The third-order valence-corrected chi connectivity index (χ3v) is 6.40. The van der Waals surface area contributed by atoms with E-state index in [1.165, 1.54) is 12.8 Å². The molecule has 94 valence electrons. The minimum atomic E-state index is -2.77. The van der Waals surface area contributed by atoms with Crippen molar-refractivity contribution in [2.24, 2.45) is 23.0 Å². The van der Waals surface area contributed by atoms with Crippen LogP contribution in [0.5, 0.6) is 0 Å². The molecule has 2 fully saturated rings. The molecule has 3 nitrogen and oxygen atoms in total. The second-order valence-corrected chi connectivity index (χ2v) is 8.10. The van der Waals surface area contributed by atoms with Gasteiger partial charge in [0.1, 0.15) is 0 Å². The first kappa shape index (κ1) is 12.4. The summed E-state index contributed by atoms with van der Waals surface area (Å²) in [5.74, 6) is 1.80. The summed E-state index contributed by atoms with van der Waals surface area (Å²) >= 11 is 0. The highest BCUT2D eigenvalue weighted by Crippen LogP contribution is 2.47. The number of nitrogens with two attached hydrogens (primary N) is 1. The van der Waals surface area contributed by atoms with E-state index < -0.39 is 9.84 Å². The summed E-state index contributed by atoms with van der Waals surface area (Å²) < 4.78 is 23.2. The van der Waals surface area contributed by atoms with Gasteiger partial charge in [-0.1, -0.05) is 19.8 Å². The molecule has 1 aliphatic heterocycles. The van der Waals surface area contributed by atoms with Gasteiger partial charge in [-0.15, -0.1) is 0 Å². The summed E-state index contributed by atoms with van der Waals surface area (Å²) in [6, 6.07) is 0. The van der Waals surface area contributed by atoms with Crippen LogP contribution in [0.3, 0.4) is 0 Å². The Morgan fingerprint density at radius 3 is 2.62 bits per heavy atom. The molecule has 16 heavy (non-hydrogen) atoms. The summed E-state index contributed by atoms with van der Waals surface area (Å²) in [5, 5.41) is 0. The van der Waals surface area contributed by atoms with Gasteiger partial charge in [0.15, 0.2) is 9.84 Å². The zero-order valence-corrected chi connectivity index (χ0v) is 10.9. The number of hydrogen-bond acceptors (Lipinski definition) is 3. The van der Waals surface area contributed by atoms with E-state index in [0.29, 0.717) is 29.9 Å². The molecular weight excluding hydrogens is 222 g/mol. The Balaban J connectivity index is 2.15. The van der Waals surface area contributed by atoms with Crippen LogP contribution in [0.25, 0.3) is 0 Å². The fourth-order valence-electron chi connectivity index (χ4n) is 3.70. The molecule has 3 atom stereocenters. The Morgan fingerprint density at radius 1 is 1.38 bits per heavy atom. The normalized spacial score (nSPS) is 43.4. The molecule has 0 aromatic carbocycles. The van der Waals surface area contributed by atoms with Gasteiger partial charge in [0, 0.05) is 0 Å². The fraction of sp³-hybridized carbons (Fsp3) is 1.00. The third-order valence-electron chi connectivity index (χ3n) is 4.63. The largest absolute Gasteiger partial charge is 0.330 e. The molecule has 4 heteroatoms. The topological polar surface area (TPSA) is 60.2 Å². The van der Waals surface area contributed by atoms with E-state index in [0.717, 1.165) is 19.3 Å². The Kier molecular flexibility index (Phi) is 3.32. The highest BCUT2D eigenvalue weighted by atomic mass is 32.2. The maximum Gasteiger partial charge on any atom is 0.150 e. The molecule has 1 saturated heterocycles. The van der Waals surface area contributed by atoms with Gasteiger partial charge in [-0.05, 0) is 43.1 Å². The Morgan fingerprint density at radius 2 is 2.12 bits per heavy atom. The third kappa shape index (κ3) is 2.28. The van der Waals surface area contributed by atoms with Gasteiger partial charge in [-0.25, -0.2) is 8.42 Å². The molecule has 0 aromatic heterocycles. The van der Waals surface area contributed by atoms with Crippen LogP contribution in [0, 0.1) is 17.3 Å². The number of sulfone groups is 1. The van der Waals surface area contributed by atoms with E-state index in [1.807, 2.05) is 0 Å². The van der Waals surface area contributed by atoms with Crippen molar-refractivity contribution in [1.29, 1.82) is 0 Å². The lowest BCUT2D eigenvalue weighted by Gasteiger charge is -2.43. The summed E-state index contributed by atoms with van der Waals surface area (Å²) in [6.07, 6.45) is 5.60. The van der Waals surface area contributed by atoms with Crippen molar-refractivity contribution in [1.82, 2.24) is 0 Å². The van der Waals surface area contributed by atoms with E-state index in [1.54, 1.807) is 0 Å². The van der Waals surface area contributed by atoms with Crippen LogP contribution in [0.4, 0.5) is 0 Å². The van der Waals surface area contributed by atoms with Crippen molar-refractivity contribution in [2.75, 3.05) is 18.1 Å². The molecule has 0 bridgehead atoms. The van der Waals surface area contributed by atoms with Crippen LogP contribution in [-0.4, -0.2) is 26.5 Å². The van der Waals surface area contributed by atoms with E-state index >= 15 is 0 Å². The van der Waals surface area contributed by atoms with Gasteiger partial charge in [0.2, 0.25) is 0 Å². The van der Waals surface area contributed by atoms with Crippen LogP contribution in [-0.2, 0) is 9.84 Å². The summed E-state index contributed by atoms with van der Waals surface area (Å²) in [7, 11) is -2.77. The van der Waals surface area contributed by atoms with Gasteiger partial charge in [0.05, 0.1) is 11.5 Å². The van der Waals surface area contributed by atoms with Gasteiger partial charge in [0.25, 0.3) is 0 Å². The van der Waals surface area contributed by atoms with Gasteiger partial charge in [-0.2, -0.15) is 0 Å². The molecule has 1 aliphatic carbocycles. The Bertz CT molecular complexity index is 352. The van der Waals surface area contributed by atoms with Crippen LogP contribution >= 0.6 is 0 Å². The van der Waals surface area contributed by atoms with Crippen LogP contribution in [0.2, 0.25) is 0 Å². The molecule has 0 amide bonds. The standard InChI is InChI=1S/C12H23NO2S/c1-10-3-2-5-12(7-10,9-13)11-4-6-16(14,15)8-11/h10-11H,2-9,13H2,1H3. The van der Waals surface area contributed by atoms with Crippen molar-refractivity contribution in [3.05, 3.63) is 0 Å². The first-order chi connectivity index (χ1) is 7.47. The van der Waals surface area contributed by atoms with Crippen LogP contribution < -0.4 is 5.73 Å². The summed E-state index contributed by atoms with van der Waals surface area (Å²) in [5.41, 5.74) is 6.10. The average Bonchev–Trinajstić information content (AvgIpc) is 2.59. The highest BCUT2D eigenvalue weighted by Gasteiger charge is 2.45. The fourth-order valence-corrected chi connectivity index (χ4v) is 5.65. The molecule has 2 aliphatic rings. The van der Waals surface area contributed by atoms with Crippen molar-refractivity contribution < 1.29 is 8.42 Å². The van der Waals surface area contributed by atoms with Gasteiger partial charge < -0.3 is 5.73 Å². The maximum absolute atomic E-state index is 11.6. The lowest BCUT2D eigenvalue weighted by Crippen LogP contribution is -2.42. The Hall–Kier alpha value is -0.0900. The predicted octanol–water partition coefficient (Wildman–Crippen LogP) is 1.58. The van der Waals surface area contributed by atoms with E-state index in [2.05, 4.69) is 6.92 Å². The molecule has 1 heterocycles. The molecular formula is C12H23NO2S. The lowest BCUT2D eigenvalue weighted by molar-refractivity contribution is 0.0900. The zero-order chi connectivity index (χ0) is 11.8. The Labute approximate surface area is 98.7 Å². The second kappa shape index (κ2) is 4.30. The lowest BCUT2D eigenvalue weighted by atomic mass is 9.63. The van der Waals surface area contributed by atoms with Crippen molar-refractivity contribution in [3.8, 4) is 0 Å². The van der Waals surface area contributed by atoms with E-state index in [4.69, 9.17) is 5.73 Å². The van der Waals surface area contributed by atoms with Crippen LogP contribution in [0.1, 0.15) is 39.0 Å². The van der Waals surface area contributed by atoms with E-state index in [-0.39, 0.29) is 5.41 Å². The molecule has 2 N–H and O–H groups in total. The first-order valence-electron chi connectivity index (χ1n) is 6.38. The zero-order valence-electron chi connectivity index (χ0n) is 10.1. The van der Waals surface area contributed by atoms with Gasteiger partial charge in [-0.3, -0.25) is 0 Å². The quantitative estimate of drug-likeness (QED) is 0.803. The minimum Gasteiger partial charge on any atom is -0.330 e. The predicted molar refractivity (Wildman–Crippen MR) is 65.9 cm³/mol. The first-order valence-corrected chi connectivity index (χ1v) is 8.20. The maximum atomic E-state index is 11.6. The molecule has 1 saturated carbocycles. The van der Waals surface area contributed by atoms with Crippen molar-refractivity contribution in [3.63, 3.8) is 0 Å². The SMILES string of the molecule is CC1CCCC(CN)(C2CCS(=O)(=O)C2)C1. The monoisotopic (exact) mass is 245 g/mol. The number of rotatable bonds is 2. The van der Waals surface area contributed by atoms with Crippen LogP contribution in [0.15, 0.2) is 0 Å². The van der Waals surface area contributed by atoms with Gasteiger partial charge >= 0.3 is 0 Å². The molecule has 0 radical (unpaired) electrons. The average molecular weight is 245 g/mol. The van der Waals surface area contributed by atoms with Crippen molar-refractivity contribution in [2.45, 2.75) is 39.0 Å². The second-order valence-electron chi connectivity index (χ2n) is 5.87. The molecule has 0 spiro atoms. The molecule has 2 rings (SSSR count). The highest BCUT2D eigenvalue weighted by molar-refractivity contribution is 7.91. The molecule has 3 unspecified atom stereocenters. The number of hydrogen-bond donors (Lipinski definition) is 1.